The lowest BCUT2D eigenvalue weighted by Gasteiger charge is -2.34. The summed E-state index contributed by atoms with van der Waals surface area (Å²) in [6.45, 7) is 3.96. The molecule has 1 saturated heterocycles. The van der Waals surface area contributed by atoms with E-state index in [2.05, 4.69) is 36.5 Å². The quantitative estimate of drug-likeness (QED) is 0.911. The van der Waals surface area contributed by atoms with Gasteiger partial charge in [0, 0.05) is 18.3 Å². The number of benzene rings is 2. The first-order chi connectivity index (χ1) is 11.8. The Morgan fingerprint density at radius 1 is 1.12 bits per heavy atom. The lowest BCUT2D eigenvalue weighted by atomic mass is 9.96. The van der Waals surface area contributed by atoms with Crippen LogP contribution in [-0.4, -0.2) is 25.0 Å². The second-order valence-electron chi connectivity index (χ2n) is 6.63. The van der Waals surface area contributed by atoms with Crippen LogP contribution in [0, 0.1) is 5.92 Å². The first kappa shape index (κ1) is 16.7. The molecule has 1 fully saturated rings. The number of anilines is 1. The molecule has 0 radical (unpaired) electrons. The van der Waals surface area contributed by atoms with Crippen molar-refractivity contribution < 1.29 is 4.79 Å². The molecule has 1 N–H and O–H groups in total. The highest BCUT2D eigenvalue weighted by Gasteiger charge is 2.29. The normalized spacial score (nSPS) is 18.8. The molecule has 2 aromatic carbocycles. The van der Waals surface area contributed by atoms with Crippen molar-refractivity contribution in [1.29, 1.82) is 0 Å². The Balaban J connectivity index is 1.82. The van der Waals surface area contributed by atoms with Crippen LogP contribution in [0.15, 0.2) is 60.7 Å². The number of carbonyl (C=O) groups is 1. The van der Waals surface area contributed by atoms with E-state index in [1.54, 1.807) is 0 Å². The van der Waals surface area contributed by atoms with Gasteiger partial charge < -0.3 is 10.2 Å². The van der Waals surface area contributed by atoms with Crippen LogP contribution in [0.25, 0.3) is 0 Å². The molecule has 3 heteroatoms. The fraction of sp³-hybridized carbons (Fsp3) is 0.381. The van der Waals surface area contributed by atoms with Gasteiger partial charge in [-0.05, 0) is 50.4 Å². The average Bonchev–Trinajstić information content (AvgIpc) is 2.64. The van der Waals surface area contributed by atoms with Crippen molar-refractivity contribution in [2.45, 2.75) is 32.2 Å². The minimum Gasteiger partial charge on any atom is -0.316 e. The van der Waals surface area contributed by atoms with Gasteiger partial charge in [-0.1, -0.05) is 48.5 Å². The van der Waals surface area contributed by atoms with Gasteiger partial charge in [0.05, 0.1) is 5.92 Å². The third-order valence-corrected chi connectivity index (χ3v) is 4.73. The zero-order valence-electron chi connectivity index (χ0n) is 14.3. The predicted molar refractivity (Wildman–Crippen MR) is 99.1 cm³/mol. The topological polar surface area (TPSA) is 32.3 Å². The molecule has 0 saturated carbocycles. The van der Waals surface area contributed by atoms with Crippen LogP contribution in [0.2, 0.25) is 0 Å². The zero-order valence-corrected chi connectivity index (χ0v) is 14.3. The Kier molecular flexibility index (Phi) is 5.65. The summed E-state index contributed by atoms with van der Waals surface area (Å²) in [6.07, 6.45) is 2.92. The number of amides is 1. The Bertz CT molecular complexity index is 635. The van der Waals surface area contributed by atoms with Gasteiger partial charge in [-0.15, -0.1) is 0 Å². The molecule has 0 spiro atoms. The van der Waals surface area contributed by atoms with E-state index < -0.39 is 0 Å². The largest absolute Gasteiger partial charge is 0.316 e. The van der Waals surface area contributed by atoms with Crippen molar-refractivity contribution in [1.82, 2.24) is 5.32 Å². The summed E-state index contributed by atoms with van der Waals surface area (Å²) in [5.74, 6) is 0.328. The van der Waals surface area contributed by atoms with Gasteiger partial charge in [-0.25, -0.2) is 0 Å². The third kappa shape index (κ3) is 4.04. The molecule has 1 amide bonds. The molecule has 3 nitrogen and oxygen atoms in total. The monoisotopic (exact) mass is 322 g/mol. The molecule has 1 unspecified atom stereocenters. The highest BCUT2D eigenvalue weighted by atomic mass is 16.2. The van der Waals surface area contributed by atoms with Gasteiger partial charge >= 0.3 is 0 Å². The molecular weight excluding hydrogens is 296 g/mol. The first-order valence-corrected chi connectivity index (χ1v) is 8.88. The number of nitrogens with one attached hydrogen (secondary N) is 1. The van der Waals surface area contributed by atoms with Crippen molar-refractivity contribution in [2.75, 3.05) is 18.0 Å². The maximum absolute atomic E-state index is 13.2. The average molecular weight is 322 g/mol. The van der Waals surface area contributed by atoms with Crippen LogP contribution in [-0.2, 0) is 11.2 Å². The Morgan fingerprint density at radius 2 is 1.79 bits per heavy atom. The van der Waals surface area contributed by atoms with E-state index in [1.165, 1.54) is 5.56 Å². The second-order valence-corrected chi connectivity index (χ2v) is 6.63. The summed E-state index contributed by atoms with van der Waals surface area (Å²) in [5.41, 5.74) is 2.26. The van der Waals surface area contributed by atoms with Gasteiger partial charge in [0.2, 0.25) is 5.91 Å². The van der Waals surface area contributed by atoms with Crippen molar-refractivity contribution >= 4 is 11.6 Å². The summed E-state index contributed by atoms with van der Waals surface area (Å²) in [7, 11) is 0. The Morgan fingerprint density at radius 3 is 2.42 bits per heavy atom. The molecule has 0 aromatic heterocycles. The van der Waals surface area contributed by atoms with Crippen LogP contribution >= 0.6 is 0 Å². The fourth-order valence-electron chi connectivity index (χ4n) is 3.49. The van der Waals surface area contributed by atoms with Crippen LogP contribution in [0.5, 0.6) is 0 Å². The third-order valence-electron chi connectivity index (χ3n) is 4.73. The van der Waals surface area contributed by atoms with E-state index in [4.69, 9.17) is 0 Å². The SMILES string of the molecule is CC(Cc1ccccc1)N(C(=O)[C@H]1CCCNC1)c1ccccc1. The molecule has 1 aliphatic heterocycles. The Labute approximate surface area is 144 Å². The molecule has 2 atom stereocenters. The molecule has 3 rings (SSSR count). The Hall–Kier alpha value is -2.13. The van der Waals surface area contributed by atoms with Gasteiger partial charge in [-0.2, -0.15) is 0 Å². The molecule has 0 aliphatic carbocycles. The van der Waals surface area contributed by atoms with E-state index in [0.717, 1.165) is 38.0 Å². The van der Waals surface area contributed by atoms with Crippen LogP contribution in [0.1, 0.15) is 25.3 Å². The van der Waals surface area contributed by atoms with E-state index >= 15 is 0 Å². The maximum Gasteiger partial charge on any atom is 0.231 e. The summed E-state index contributed by atoms with van der Waals surface area (Å²) in [5, 5.41) is 3.36. The van der Waals surface area contributed by atoms with Crippen LogP contribution in [0.4, 0.5) is 5.69 Å². The van der Waals surface area contributed by atoms with E-state index in [0.29, 0.717) is 0 Å². The number of piperidine rings is 1. The number of para-hydroxylation sites is 1. The summed E-state index contributed by atoms with van der Waals surface area (Å²) < 4.78 is 0. The van der Waals surface area contributed by atoms with E-state index in [-0.39, 0.29) is 17.9 Å². The predicted octanol–water partition coefficient (Wildman–Crippen LogP) is 3.65. The van der Waals surface area contributed by atoms with Gasteiger partial charge in [-0.3, -0.25) is 4.79 Å². The summed E-state index contributed by atoms with van der Waals surface area (Å²) >= 11 is 0. The minimum absolute atomic E-state index is 0.0807. The number of rotatable bonds is 5. The van der Waals surface area contributed by atoms with Gasteiger partial charge in [0.1, 0.15) is 0 Å². The van der Waals surface area contributed by atoms with Crippen molar-refractivity contribution in [2.24, 2.45) is 5.92 Å². The summed E-state index contributed by atoms with van der Waals surface area (Å²) in [4.78, 5) is 15.2. The van der Waals surface area contributed by atoms with E-state index in [9.17, 15) is 4.79 Å². The smallest absolute Gasteiger partial charge is 0.231 e. The van der Waals surface area contributed by atoms with E-state index in [1.807, 2.05) is 41.3 Å². The lowest BCUT2D eigenvalue weighted by Crippen LogP contribution is -2.47. The first-order valence-electron chi connectivity index (χ1n) is 8.88. The lowest BCUT2D eigenvalue weighted by molar-refractivity contribution is -0.123. The second kappa shape index (κ2) is 8.11. The molecule has 1 aliphatic rings. The molecule has 2 aromatic rings. The number of hydrogen-bond acceptors (Lipinski definition) is 2. The van der Waals surface area contributed by atoms with Crippen molar-refractivity contribution in [3.8, 4) is 0 Å². The number of hydrogen-bond donors (Lipinski definition) is 1. The fourth-order valence-corrected chi connectivity index (χ4v) is 3.49. The molecular formula is C21H26N2O. The highest BCUT2D eigenvalue weighted by Crippen LogP contribution is 2.24. The van der Waals surface area contributed by atoms with Crippen LogP contribution < -0.4 is 10.2 Å². The van der Waals surface area contributed by atoms with Crippen molar-refractivity contribution in [3.63, 3.8) is 0 Å². The highest BCUT2D eigenvalue weighted by molar-refractivity contribution is 5.95. The zero-order chi connectivity index (χ0) is 16.8. The number of carbonyl (C=O) groups excluding carboxylic acids is 1. The molecule has 126 valence electrons. The molecule has 1 heterocycles. The minimum atomic E-state index is 0.0807. The maximum atomic E-state index is 13.2. The van der Waals surface area contributed by atoms with Crippen LogP contribution in [0.3, 0.4) is 0 Å². The molecule has 24 heavy (non-hydrogen) atoms. The molecule has 0 bridgehead atoms. The van der Waals surface area contributed by atoms with Gasteiger partial charge in [0.25, 0.3) is 0 Å². The standard InChI is InChI=1S/C21H26N2O/c1-17(15-18-9-4-2-5-10-18)23(20-12-6-3-7-13-20)21(24)19-11-8-14-22-16-19/h2-7,9-10,12-13,17,19,22H,8,11,14-16H2,1H3/t17?,19-/m0/s1. The summed E-state index contributed by atoms with van der Waals surface area (Å²) in [6, 6.07) is 20.6. The number of nitrogens with zero attached hydrogens (tertiary/aromatic N) is 1. The van der Waals surface area contributed by atoms with Gasteiger partial charge in [0.15, 0.2) is 0 Å². The van der Waals surface area contributed by atoms with Crippen molar-refractivity contribution in [3.05, 3.63) is 66.2 Å².